The molecule has 0 amide bonds. The number of Topliss-reactive ketones (excluding diaryl/α,β-unsaturated/α-hetero) is 2. The van der Waals surface area contributed by atoms with Crippen LogP contribution in [0.4, 0.5) is 0 Å². The lowest BCUT2D eigenvalue weighted by Crippen LogP contribution is -2.45. The van der Waals surface area contributed by atoms with Crippen LogP contribution in [0.25, 0.3) is 0 Å². The predicted octanol–water partition coefficient (Wildman–Crippen LogP) is -0.141. The predicted molar refractivity (Wildman–Crippen MR) is 45.4 cm³/mol. The van der Waals surface area contributed by atoms with Gasteiger partial charge in [-0.2, -0.15) is 0 Å². The molecule has 0 unspecified atom stereocenters. The monoisotopic (exact) mass is 192 g/mol. The van der Waals surface area contributed by atoms with Gasteiger partial charge in [-0.25, -0.2) is 0 Å². The molecule has 0 radical (unpaired) electrons. The minimum absolute atomic E-state index is 0.0901. The van der Waals surface area contributed by atoms with E-state index in [4.69, 9.17) is 0 Å². The largest absolute Gasteiger partial charge is 0.299 e. The van der Waals surface area contributed by atoms with E-state index in [0.29, 0.717) is 0 Å². The Hall–Kier alpha value is -1.58. The Morgan fingerprint density at radius 1 is 0.786 bits per heavy atom. The van der Waals surface area contributed by atoms with Crippen molar-refractivity contribution in [1.29, 1.82) is 0 Å². The average molecular weight is 192 g/mol. The molecular formula is C10H8O4. The zero-order valence-corrected chi connectivity index (χ0v) is 7.36. The molecule has 0 aromatic rings. The topological polar surface area (TPSA) is 68.3 Å². The molecule has 14 heavy (non-hydrogen) atoms. The third kappa shape index (κ3) is 1.14. The maximum absolute atomic E-state index is 11.4. The molecule has 2 aliphatic carbocycles. The standard InChI is InChI=1S/C10H8O4/c11-5-1-2-6(12)10-8(14)4-3-7(13)9(5)10/h1-2,9-10H,3-4H2/t9-,10-/m1/s1. The average Bonchev–Trinajstić information content (AvgIpc) is 2.16. The number of carbonyl (C=O) groups is 4. The van der Waals surface area contributed by atoms with Gasteiger partial charge in [0.2, 0.25) is 0 Å². The summed E-state index contributed by atoms with van der Waals surface area (Å²) in [6.45, 7) is 0. The summed E-state index contributed by atoms with van der Waals surface area (Å²) in [5.74, 6) is -3.42. The zero-order chi connectivity index (χ0) is 10.3. The van der Waals surface area contributed by atoms with Crippen LogP contribution < -0.4 is 0 Å². The molecule has 0 spiro atoms. The summed E-state index contributed by atoms with van der Waals surface area (Å²) >= 11 is 0. The Morgan fingerprint density at radius 2 is 1.14 bits per heavy atom. The minimum Gasteiger partial charge on any atom is -0.299 e. The van der Waals surface area contributed by atoms with E-state index in [1.165, 1.54) is 0 Å². The smallest absolute Gasteiger partial charge is 0.167 e. The van der Waals surface area contributed by atoms with Crippen LogP contribution >= 0.6 is 0 Å². The van der Waals surface area contributed by atoms with Gasteiger partial charge < -0.3 is 0 Å². The Labute approximate surface area is 80.0 Å². The second kappa shape index (κ2) is 2.97. The van der Waals surface area contributed by atoms with E-state index in [0.717, 1.165) is 12.2 Å². The van der Waals surface area contributed by atoms with Gasteiger partial charge in [0.05, 0.1) is 11.8 Å². The fourth-order valence-corrected chi connectivity index (χ4v) is 1.95. The van der Waals surface area contributed by atoms with E-state index in [-0.39, 0.29) is 24.4 Å². The fraction of sp³-hybridized carbons (Fsp3) is 0.400. The van der Waals surface area contributed by atoms with Gasteiger partial charge in [0.1, 0.15) is 11.6 Å². The van der Waals surface area contributed by atoms with Crippen molar-refractivity contribution in [3.8, 4) is 0 Å². The first-order valence-corrected chi connectivity index (χ1v) is 4.42. The molecule has 0 aromatic carbocycles. The number of rotatable bonds is 0. The van der Waals surface area contributed by atoms with Crippen molar-refractivity contribution >= 4 is 23.1 Å². The van der Waals surface area contributed by atoms with E-state index in [9.17, 15) is 19.2 Å². The van der Waals surface area contributed by atoms with Crippen LogP contribution in [0.2, 0.25) is 0 Å². The highest BCUT2D eigenvalue weighted by atomic mass is 16.2. The van der Waals surface area contributed by atoms with Gasteiger partial charge in [0.15, 0.2) is 11.6 Å². The molecule has 4 heteroatoms. The summed E-state index contributed by atoms with van der Waals surface area (Å²) in [6, 6.07) is 0. The highest BCUT2D eigenvalue weighted by molar-refractivity contribution is 6.24. The number of allylic oxidation sites excluding steroid dienone is 2. The van der Waals surface area contributed by atoms with E-state index >= 15 is 0 Å². The Balaban J connectivity index is 2.45. The van der Waals surface area contributed by atoms with Crippen LogP contribution in [0.5, 0.6) is 0 Å². The van der Waals surface area contributed by atoms with Crippen LogP contribution in [0, 0.1) is 11.8 Å². The molecule has 0 bridgehead atoms. The van der Waals surface area contributed by atoms with Crippen LogP contribution in [-0.2, 0) is 19.2 Å². The molecular weight excluding hydrogens is 184 g/mol. The number of fused-ring (bicyclic) bond motifs is 1. The molecule has 1 saturated carbocycles. The normalized spacial score (nSPS) is 32.0. The van der Waals surface area contributed by atoms with Crippen molar-refractivity contribution in [2.75, 3.05) is 0 Å². The first kappa shape index (κ1) is 8.99. The lowest BCUT2D eigenvalue weighted by atomic mass is 9.71. The lowest BCUT2D eigenvalue weighted by Gasteiger charge is -2.27. The van der Waals surface area contributed by atoms with Crippen LogP contribution in [0.1, 0.15) is 12.8 Å². The molecule has 0 aromatic heterocycles. The number of hydrogen-bond donors (Lipinski definition) is 0. The maximum Gasteiger partial charge on any atom is 0.167 e. The summed E-state index contributed by atoms with van der Waals surface area (Å²) in [7, 11) is 0. The third-order valence-electron chi connectivity index (χ3n) is 2.67. The summed E-state index contributed by atoms with van der Waals surface area (Å²) in [4.78, 5) is 45.4. The molecule has 0 N–H and O–H groups in total. The summed E-state index contributed by atoms with van der Waals surface area (Å²) in [5, 5.41) is 0. The summed E-state index contributed by atoms with van der Waals surface area (Å²) in [6.07, 6.45) is 2.37. The van der Waals surface area contributed by atoms with E-state index < -0.39 is 23.4 Å². The number of carbonyl (C=O) groups excluding carboxylic acids is 4. The molecule has 4 nitrogen and oxygen atoms in total. The van der Waals surface area contributed by atoms with Gasteiger partial charge in [-0.15, -0.1) is 0 Å². The first-order chi connectivity index (χ1) is 6.61. The van der Waals surface area contributed by atoms with Crippen molar-refractivity contribution in [3.05, 3.63) is 12.2 Å². The van der Waals surface area contributed by atoms with Gasteiger partial charge in [0.25, 0.3) is 0 Å². The maximum atomic E-state index is 11.4. The lowest BCUT2D eigenvalue weighted by molar-refractivity contribution is -0.147. The SMILES string of the molecule is O=C1C=CC(=O)[C@@H]2C(=O)CCC(=O)[C@@H]12. The molecule has 2 aliphatic rings. The van der Waals surface area contributed by atoms with Gasteiger partial charge in [-0.1, -0.05) is 0 Å². The molecule has 2 rings (SSSR count). The van der Waals surface area contributed by atoms with Crippen LogP contribution in [-0.4, -0.2) is 23.1 Å². The van der Waals surface area contributed by atoms with Gasteiger partial charge in [0, 0.05) is 12.8 Å². The van der Waals surface area contributed by atoms with E-state index in [2.05, 4.69) is 0 Å². The van der Waals surface area contributed by atoms with Crippen molar-refractivity contribution in [2.45, 2.75) is 12.8 Å². The molecule has 2 atom stereocenters. The zero-order valence-electron chi connectivity index (χ0n) is 7.36. The van der Waals surface area contributed by atoms with Gasteiger partial charge in [-0.05, 0) is 12.2 Å². The quantitative estimate of drug-likeness (QED) is 0.501. The van der Waals surface area contributed by atoms with Gasteiger partial charge in [-0.3, -0.25) is 19.2 Å². The van der Waals surface area contributed by atoms with Gasteiger partial charge >= 0.3 is 0 Å². The highest BCUT2D eigenvalue weighted by Crippen LogP contribution is 2.29. The Kier molecular flexibility index (Phi) is 1.91. The number of ketones is 4. The second-order valence-corrected chi connectivity index (χ2v) is 3.53. The van der Waals surface area contributed by atoms with Crippen LogP contribution in [0.15, 0.2) is 12.2 Å². The molecule has 0 saturated heterocycles. The minimum atomic E-state index is -1.02. The number of hydrogen-bond acceptors (Lipinski definition) is 4. The van der Waals surface area contributed by atoms with Crippen molar-refractivity contribution in [1.82, 2.24) is 0 Å². The second-order valence-electron chi connectivity index (χ2n) is 3.53. The third-order valence-corrected chi connectivity index (χ3v) is 2.67. The first-order valence-electron chi connectivity index (χ1n) is 4.42. The Bertz CT molecular complexity index is 342. The fourth-order valence-electron chi connectivity index (χ4n) is 1.95. The molecule has 72 valence electrons. The highest BCUT2D eigenvalue weighted by Gasteiger charge is 2.46. The van der Waals surface area contributed by atoms with Crippen molar-refractivity contribution in [2.24, 2.45) is 11.8 Å². The summed E-state index contributed by atoms with van der Waals surface area (Å²) < 4.78 is 0. The van der Waals surface area contributed by atoms with Crippen molar-refractivity contribution < 1.29 is 19.2 Å². The Morgan fingerprint density at radius 3 is 1.50 bits per heavy atom. The van der Waals surface area contributed by atoms with E-state index in [1.54, 1.807) is 0 Å². The molecule has 0 aliphatic heterocycles. The van der Waals surface area contributed by atoms with E-state index in [1.807, 2.05) is 0 Å². The molecule has 1 fully saturated rings. The van der Waals surface area contributed by atoms with Crippen molar-refractivity contribution in [3.63, 3.8) is 0 Å². The van der Waals surface area contributed by atoms with Crippen LogP contribution in [0.3, 0.4) is 0 Å². The summed E-state index contributed by atoms with van der Waals surface area (Å²) in [5.41, 5.74) is 0. The molecule has 0 heterocycles.